The lowest BCUT2D eigenvalue weighted by Crippen LogP contribution is -2.64. The molecule has 4 nitrogen and oxygen atoms in total. The fraction of sp³-hybridized carbons (Fsp3) is 0.529. The Morgan fingerprint density at radius 1 is 1.52 bits per heavy atom. The van der Waals surface area contributed by atoms with Gasteiger partial charge in [0.15, 0.2) is 11.5 Å². The third kappa shape index (κ3) is 1.21. The van der Waals surface area contributed by atoms with Gasteiger partial charge in [0.25, 0.3) is 0 Å². The molecule has 0 radical (unpaired) electrons. The molecule has 1 aromatic rings. The van der Waals surface area contributed by atoms with E-state index in [1.54, 1.807) is 0 Å². The van der Waals surface area contributed by atoms with Gasteiger partial charge in [0, 0.05) is 28.4 Å². The van der Waals surface area contributed by atoms with Gasteiger partial charge < -0.3 is 19.8 Å². The van der Waals surface area contributed by atoms with E-state index in [-0.39, 0.29) is 29.8 Å². The molecule has 2 aliphatic carbocycles. The average Bonchev–Trinajstić information content (AvgIpc) is 2.93. The van der Waals surface area contributed by atoms with E-state index in [1.807, 2.05) is 0 Å². The Balaban J connectivity index is 2.09. The van der Waals surface area contributed by atoms with Crippen molar-refractivity contribution in [3.05, 3.63) is 35.4 Å². The zero-order valence-corrected chi connectivity index (χ0v) is 11.3. The molecule has 2 heterocycles. The zero-order valence-electron chi connectivity index (χ0n) is 19.3. The molecule has 0 unspecified atom stereocenters. The molecule has 5 rings (SSSR count). The van der Waals surface area contributed by atoms with Crippen molar-refractivity contribution in [3.63, 3.8) is 0 Å². The van der Waals surface area contributed by atoms with E-state index in [9.17, 15) is 13.0 Å². The number of aliphatic hydroxyl groups is 1. The molecule has 1 fully saturated rings. The Morgan fingerprint density at radius 2 is 2.38 bits per heavy atom. The number of phenols is 1. The number of hydrogen-bond acceptors (Lipinski definition) is 4. The Labute approximate surface area is 134 Å². The molecule has 21 heavy (non-hydrogen) atoms. The van der Waals surface area contributed by atoms with Crippen LogP contribution in [0.15, 0.2) is 24.2 Å². The maximum Gasteiger partial charge on any atom is 0.165 e. The van der Waals surface area contributed by atoms with Gasteiger partial charge in [0.05, 0.1) is 5.48 Å². The largest absolute Gasteiger partial charge is 0.504 e. The quantitative estimate of drug-likeness (QED) is 0.706. The molecule has 110 valence electrons. The van der Waals surface area contributed by atoms with Crippen LogP contribution in [0.5, 0.6) is 11.5 Å². The van der Waals surface area contributed by atoms with E-state index < -0.39 is 53.7 Å². The van der Waals surface area contributed by atoms with E-state index in [1.165, 1.54) is 18.0 Å². The normalized spacial score (nSPS) is 65.4. The van der Waals surface area contributed by atoms with Gasteiger partial charge in [-0.15, -0.1) is 0 Å². The van der Waals surface area contributed by atoms with Gasteiger partial charge in [-0.3, -0.25) is 0 Å². The van der Waals surface area contributed by atoms with E-state index in [2.05, 4.69) is 0 Å². The molecule has 4 aliphatic rings. The Bertz CT molecular complexity index is 1030. The van der Waals surface area contributed by atoms with E-state index in [4.69, 9.17) is 13.0 Å². The summed E-state index contributed by atoms with van der Waals surface area (Å²) in [6.45, 7) is 0.0266. The van der Waals surface area contributed by atoms with Gasteiger partial charge in [-0.05, 0) is 38.0 Å². The fourth-order valence-electron chi connectivity index (χ4n) is 3.83. The Morgan fingerprint density at radius 3 is 3.24 bits per heavy atom. The van der Waals surface area contributed by atoms with Crippen LogP contribution in [0.3, 0.4) is 0 Å². The number of piperidine rings is 1. The highest BCUT2D eigenvalue weighted by atomic mass is 16.5. The first-order chi connectivity index (χ1) is 13.2. The molecular formula is C17H19NO3. The van der Waals surface area contributed by atoms with Crippen molar-refractivity contribution in [1.82, 2.24) is 4.90 Å². The molecule has 1 saturated heterocycles. The van der Waals surface area contributed by atoms with Crippen molar-refractivity contribution in [1.29, 1.82) is 0 Å². The van der Waals surface area contributed by atoms with Gasteiger partial charge in [0.2, 0.25) is 0 Å². The van der Waals surface area contributed by atoms with Crippen LogP contribution < -0.4 is 4.74 Å². The highest BCUT2D eigenvalue weighted by molar-refractivity contribution is 5.61. The number of aromatic hydroxyl groups is 1. The van der Waals surface area contributed by atoms with Gasteiger partial charge in [0.1, 0.15) is 12.2 Å². The van der Waals surface area contributed by atoms with E-state index in [0.29, 0.717) is 0 Å². The summed E-state index contributed by atoms with van der Waals surface area (Å²) >= 11 is 0. The summed E-state index contributed by atoms with van der Waals surface area (Å²) in [5.74, 6) is -3.35. The summed E-state index contributed by atoms with van der Waals surface area (Å²) in [7, 11) is 1.44. The summed E-state index contributed by atoms with van der Waals surface area (Å²) in [6, 6.07) is -2.02. The summed E-state index contributed by atoms with van der Waals surface area (Å²) in [4.78, 5) is 1.29. The molecule has 2 N–H and O–H groups in total. The number of hydrogen-bond donors (Lipinski definition) is 2. The van der Waals surface area contributed by atoms with Crippen molar-refractivity contribution < 1.29 is 25.9 Å². The van der Waals surface area contributed by atoms with Crippen LogP contribution in [0.2, 0.25) is 0 Å². The second-order valence-corrected chi connectivity index (χ2v) is 5.79. The molecule has 2 aliphatic heterocycles. The molecule has 0 amide bonds. The van der Waals surface area contributed by atoms with Crippen LogP contribution in [-0.2, 0) is 11.8 Å². The van der Waals surface area contributed by atoms with Crippen LogP contribution in [0, 0.1) is 5.89 Å². The van der Waals surface area contributed by atoms with Crippen molar-refractivity contribution in [2.45, 2.75) is 36.4 Å². The minimum absolute atomic E-state index is 0.0266. The molecule has 1 spiro atoms. The highest BCUT2D eigenvalue weighted by Crippen LogP contribution is 2.62. The van der Waals surface area contributed by atoms with Crippen molar-refractivity contribution in [2.24, 2.45) is 5.89 Å². The molecule has 5 atom stereocenters. The predicted molar refractivity (Wildman–Crippen MR) is 77.6 cm³/mol. The lowest BCUT2D eigenvalue weighted by atomic mass is 9.53. The van der Waals surface area contributed by atoms with Gasteiger partial charge in [-0.2, -0.15) is 0 Å². The number of benzene rings is 1. The number of likely N-dealkylation sites (N-methyl/N-ethyl adjacent to an activating group) is 1. The van der Waals surface area contributed by atoms with Gasteiger partial charge in [-0.1, -0.05) is 18.2 Å². The first kappa shape index (κ1) is 6.71. The molecule has 2 bridgehead atoms. The fourth-order valence-corrected chi connectivity index (χ4v) is 3.83. The highest BCUT2D eigenvalue weighted by Gasteiger charge is 2.64. The van der Waals surface area contributed by atoms with Crippen LogP contribution in [0.4, 0.5) is 0 Å². The SMILES string of the molecule is [2H]C1=C([2H])[C@]([2H])(O)[C@]2([2H])Oc3c(O)ccc4c3[C@@]23CCN(C)[C@]([2H])(C4([2H])[2H])[C@]13[2H]. The maximum atomic E-state index is 10.9. The summed E-state index contributed by atoms with van der Waals surface area (Å²) in [6.07, 6.45) is -8.46. The van der Waals surface area contributed by atoms with Crippen LogP contribution in [-0.4, -0.2) is 46.9 Å². The number of nitrogens with zero attached hydrogens (tertiary/aromatic N) is 1. The molecular weight excluding hydrogens is 266 g/mol. The van der Waals surface area contributed by atoms with Crippen molar-refractivity contribution >= 4 is 0 Å². The van der Waals surface area contributed by atoms with Gasteiger partial charge >= 0.3 is 0 Å². The predicted octanol–water partition coefficient (Wildman–Crippen LogP) is 1.20. The summed E-state index contributed by atoms with van der Waals surface area (Å²) < 4.78 is 75.9. The molecule has 0 aromatic heterocycles. The third-order valence-corrected chi connectivity index (χ3v) is 4.80. The van der Waals surface area contributed by atoms with E-state index >= 15 is 0 Å². The average molecular weight is 293 g/mol. The van der Waals surface area contributed by atoms with Crippen LogP contribution >= 0.6 is 0 Å². The smallest absolute Gasteiger partial charge is 0.165 e. The second kappa shape index (κ2) is 3.62. The van der Waals surface area contributed by atoms with Crippen LogP contribution in [0.1, 0.15) is 28.5 Å². The minimum Gasteiger partial charge on any atom is -0.504 e. The van der Waals surface area contributed by atoms with Crippen molar-refractivity contribution in [2.75, 3.05) is 13.6 Å². The lowest BCUT2D eigenvalue weighted by molar-refractivity contribution is -0.0453. The van der Waals surface area contributed by atoms with Crippen molar-refractivity contribution in [3.8, 4) is 11.5 Å². The Hall–Kier alpha value is -1.52. The Kier molecular flexibility index (Phi) is 1.16. The zero-order chi connectivity index (χ0) is 21.6. The maximum absolute atomic E-state index is 10.9. The number of rotatable bonds is 0. The summed E-state index contributed by atoms with van der Waals surface area (Å²) in [5, 5.41) is 21.3. The molecule has 4 heteroatoms. The minimum atomic E-state index is -3.07. The van der Waals surface area contributed by atoms with Crippen LogP contribution in [0.25, 0.3) is 0 Å². The first-order valence-corrected chi connectivity index (χ1v) is 6.86. The third-order valence-electron chi connectivity index (χ3n) is 4.80. The van der Waals surface area contributed by atoms with E-state index in [0.717, 1.165) is 6.07 Å². The standard InChI is InChI=1S/C17H19NO3/c1-18-7-6-17-10-3-5-13(20)16(17)21-15-12(19)4-2-9(14(15)17)8-11(10)18/h2-5,10-11,13,16,19-20H,6-8H2,1H3/t10-,11+,13-,16-,17-/m0/s1/i3D,5D,8D2,10D,11D,13D,16D. The molecule has 1 aromatic carbocycles. The number of likely N-dealkylation sites (tertiary alicyclic amines) is 1. The molecule has 0 saturated carbocycles. The second-order valence-electron chi connectivity index (χ2n) is 5.79. The first-order valence-electron chi connectivity index (χ1n) is 10.9. The number of ether oxygens (including phenoxy) is 1. The summed E-state index contributed by atoms with van der Waals surface area (Å²) in [5.41, 5.74) is -2.16. The van der Waals surface area contributed by atoms with Gasteiger partial charge in [-0.25, -0.2) is 0 Å². The topological polar surface area (TPSA) is 52.9 Å². The lowest BCUT2D eigenvalue weighted by Gasteiger charge is -2.56. The number of phenolic OH excluding ortho intramolecular Hbond substituents is 1. The monoisotopic (exact) mass is 293 g/mol.